The van der Waals surface area contributed by atoms with Gasteiger partial charge in [0.1, 0.15) is 5.78 Å². The molecular formula is C25H42O4. The molecule has 11 atom stereocenters. The maximum atomic E-state index is 11.5. The van der Waals surface area contributed by atoms with Gasteiger partial charge in [0.2, 0.25) is 0 Å². The summed E-state index contributed by atoms with van der Waals surface area (Å²) in [5.41, 5.74) is -0.0283. The van der Waals surface area contributed by atoms with Crippen LogP contribution >= 0.6 is 0 Å². The van der Waals surface area contributed by atoms with Crippen molar-refractivity contribution in [3.63, 3.8) is 0 Å². The first kappa shape index (κ1) is 21.8. The summed E-state index contributed by atoms with van der Waals surface area (Å²) in [6.07, 6.45) is 7.12. The van der Waals surface area contributed by atoms with E-state index in [4.69, 9.17) is 0 Å². The minimum atomic E-state index is -0.337. The SMILES string of the molecule is CC(=O)CC[C@@H](C)[C@H]1CC[C@H]2[C@@H]3[C@H](O)C[C@@H]4C[C@H](O)CC[C@]4(C)[C@H]3C[C@H](O)[C@]12C. The second kappa shape index (κ2) is 7.60. The van der Waals surface area contributed by atoms with Gasteiger partial charge in [-0.15, -0.1) is 0 Å². The van der Waals surface area contributed by atoms with Gasteiger partial charge in [-0.05, 0) is 105 Å². The van der Waals surface area contributed by atoms with Gasteiger partial charge in [-0.1, -0.05) is 20.8 Å². The van der Waals surface area contributed by atoms with Crippen molar-refractivity contribution < 1.29 is 20.1 Å². The monoisotopic (exact) mass is 406 g/mol. The highest BCUT2D eigenvalue weighted by Crippen LogP contribution is 2.68. The molecule has 0 aliphatic heterocycles. The molecule has 4 aliphatic carbocycles. The van der Waals surface area contributed by atoms with E-state index in [9.17, 15) is 20.1 Å². The molecule has 4 aliphatic rings. The van der Waals surface area contributed by atoms with Crippen LogP contribution in [0.1, 0.15) is 85.5 Å². The van der Waals surface area contributed by atoms with Crippen LogP contribution in [0.15, 0.2) is 0 Å². The minimum Gasteiger partial charge on any atom is -0.393 e. The summed E-state index contributed by atoms with van der Waals surface area (Å²) in [6, 6.07) is 0. The smallest absolute Gasteiger partial charge is 0.129 e. The molecule has 0 radical (unpaired) electrons. The molecule has 0 aromatic heterocycles. The second-order valence-electron chi connectivity index (χ2n) is 11.7. The highest BCUT2D eigenvalue weighted by molar-refractivity contribution is 5.75. The fourth-order valence-electron chi connectivity index (χ4n) is 8.76. The van der Waals surface area contributed by atoms with Crippen molar-refractivity contribution in [3.8, 4) is 0 Å². The van der Waals surface area contributed by atoms with Crippen molar-refractivity contribution in [2.75, 3.05) is 0 Å². The van der Waals surface area contributed by atoms with E-state index in [0.717, 1.165) is 51.4 Å². The topological polar surface area (TPSA) is 77.8 Å². The molecule has 29 heavy (non-hydrogen) atoms. The van der Waals surface area contributed by atoms with Gasteiger partial charge in [-0.2, -0.15) is 0 Å². The molecule has 3 N–H and O–H groups in total. The molecule has 0 saturated heterocycles. The number of hydrogen-bond donors (Lipinski definition) is 3. The Morgan fingerprint density at radius 2 is 1.76 bits per heavy atom. The quantitative estimate of drug-likeness (QED) is 0.660. The van der Waals surface area contributed by atoms with Crippen molar-refractivity contribution in [2.45, 2.75) is 104 Å². The summed E-state index contributed by atoms with van der Waals surface area (Å²) in [5, 5.41) is 33.0. The van der Waals surface area contributed by atoms with Crippen molar-refractivity contribution >= 4 is 5.78 Å². The predicted octanol–water partition coefficient (Wildman–Crippen LogP) is 3.95. The lowest BCUT2D eigenvalue weighted by molar-refractivity contribution is -0.207. The van der Waals surface area contributed by atoms with E-state index in [2.05, 4.69) is 20.8 Å². The van der Waals surface area contributed by atoms with E-state index in [0.29, 0.717) is 36.0 Å². The second-order valence-corrected chi connectivity index (χ2v) is 11.7. The number of aliphatic hydroxyl groups excluding tert-OH is 3. The van der Waals surface area contributed by atoms with Gasteiger partial charge in [-0.25, -0.2) is 0 Å². The molecule has 4 saturated carbocycles. The van der Waals surface area contributed by atoms with E-state index in [1.54, 1.807) is 6.92 Å². The Hall–Kier alpha value is -0.450. The Balaban J connectivity index is 1.61. The number of carbonyl (C=O) groups is 1. The molecule has 0 heterocycles. The zero-order valence-electron chi connectivity index (χ0n) is 18.8. The average Bonchev–Trinajstić information content (AvgIpc) is 3.01. The van der Waals surface area contributed by atoms with Crippen molar-refractivity contribution in [2.24, 2.45) is 46.3 Å². The maximum absolute atomic E-state index is 11.5. The fourth-order valence-corrected chi connectivity index (χ4v) is 8.76. The van der Waals surface area contributed by atoms with E-state index in [1.165, 1.54) is 0 Å². The van der Waals surface area contributed by atoms with Crippen LogP contribution in [0.25, 0.3) is 0 Å². The first-order valence-corrected chi connectivity index (χ1v) is 12.1. The molecule has 4 nitrogen and oxygen atoms in total. The average molecular weight is 407 g/mol. The lowest BCUT2D eigenvalue weighted by Gasteiger charge is -2.63. The van der Waals surface area contributed by atoms with Crippen LogP contribution in [-0.4, -0.2) is 39.4 Å². The number of carbonyl (C=O) groups excluding carboxylic acids is 1. The zero-order chi connectivity index (χ0) is 21.1. The highest BCUT2D eigenvalue weighted by atomic mass is 16.3. The van der Waals surface area contributed by atoms with Crippen LogP contribution in [0, 0.1) is 46.3 Å². The highest BCUT2D eigenvalue weighted by Gasteiger charge is 2.65. The minimum absolute atomic E-state index is 0.129. The lowest BCUT2D eigenvalue weighted by Crippen LogP contribution is -2.62. The lowest BCUT2D eigenvalue weighted by atomic mass is 9.43. The summed E-state index contributed by atoms with van der Waals surface area (Å²) < 4.78 is 0. The summed E-state index contributed by atoms with van der Waals surface area (Å²) in [6.45, 7) is 8.59. The van der Waals surface area contributed by atoms with Crippen LogP contribution in [-0.2, 0) is 4.79 Å². The molecular weight excluding hydrogens is 364 g/mol. The summed E-state index contributed by atoms with van der Waals surface area (Å²) in [4.78, 5) is 11.5. The van der Waals surface area contributed by atoms with Gasteiger partial charge in [0.15, 0.2) is 0 Å². The summed E-state index contributed by atoms with van der Waals surface area (Å²) in [7, 11) is 0. The number of hydrogen-bond acceptors (Lipinski definition) is 4. The van der Waals surface area contributed by atoms with Gasteiger partial charge in [0, 0.05) is 6.42 Å². The molecule has 0 aromatic rings. The standard InChI is InChI=1S/C25H42O4/c1-14(5-6-15(2)26)18-7-8-19-23-20(13-22(29)25(18,19)4)24(3)10-9-17(27)11-16(24)12-21(23)28/h14,16-23,27-29H,5-13H2,1-4H3/t14-,16+,17-,18-,19+,20+,21-,22+,23+,24+,25-/m1/s1. The van der Waals surface area contributed by atoms with Crippen LogP contribution in [0.4, 0.5) is 0 Å². The number of aliphatic hydroxyl groups is 3. The first-order valence-electron chi connectivity index (χ1n) is 12.1. The van der Waals surface area contributed by atoms with Crippen molar-refractivity contribution in [1.29, 1.82) is 0 Å². The van der Waals surface area contributed by atoms with Gasteiger partial charge in [0.25, 0.3) is 0 Å². The Morgan fingerprint density at radius 3 is 2.45 bits per heavy atom. The Bertz CT molecular complexity index is 634. The largest absolute Gasteiger partial charge is 0.393 e. The summed E-state index contributed by atoms with van der Waals surface area (Å²) in [5.74, 6) is 2.45. The van der Waals surface area contributed by atoms with E-state index >= 15 is 0 Å². The molecule has 0 amide bonds. The normalized spacial score (nSPS) is 52.9. The number of Topliss-reactive ketones (excluding diaryl/α,β-unsaturated/α-hetero) is 1. The van der Waals surface area contributed by atoms with E-state index in [1.807, 2.05) is 0 Å². The Morgan fingerprint density at radius 1 is 1.03 bits per heavy atom. The molecule has 0 bridgehead atoms. The third-order valence-corrected chi connectivity index (χ3v) is 10.5. The Labute approximate surface area is 176 Å². The maximum Gasteiger partial charge on any atom is 0.129 e. The van der Waals surface area contributed by atoms with Crippen LogP contribution < -0.4 is 0 Å². The number of ketones is 1. The van der Waals surface area contributed by atoms with Crippen LogP contribution in [0.2, 0.25) is 0 Å². The first-order chi connectivity index (χ1) is 13.6. The van der Waals surface area contributed by atoms with Crippen LogP contribution in [0.5, 0.6) is 0 Å². The summed E-state index contributed by atoms with van der Waals surface area (Å²) >= 11 is 0. The van der Waals surface area contributed by atoms with Gasteiger partial charge in [0.05, 0.1) is 18.3 Å². The van der Waals surface area contributed by atoms with Gasteiger partial charge < -0.3 is 20.1 Å². The molecule has 4 rings (SSSR count). The molecule has 0 spiro atoms. The van der Waals surface area contributed by atoms with E-state index in [-0.39, 0.29) is 40.8 Å². The van der Waals surface area contributed by atoms with E-state index < -0.39 is 0 Å². The third kappa shape index (κ3) is 3.32. The molecule has 4 fully saturated rings. The van der Waals surface area contributed by atoms with Crippen molar-refractivity contribution in [3.05, 3.63) is 0 Å². The fraction of sp³-hybridized carbons (Fsp3) is 0.960. The van der Waals surface area contributed by atoms with Crippen LogP contribution in [0.3, 0.4) is 0 Å². The predicted molar refractivity (Wildman–Crippen MR) is 113 cm³/mol. The Kier molecular flexibility index (Phi) is 5.71. The molecule has 0 aromatic carbocycles. The molecule has 166 valence electrons. The molecule has 4 heteroatoms. The third-order valence-electron chi connectivity index (χ3n) is 10.5. The molecule has 0 unspecified atom stereocenters. The van der Waals surface area contributed by atoms with Gasteiger partial charge >= 0.3 is 0 Å². The van der Waals surface area contributed by atoms with Gasteiger partial charge in [-0.3, -0.25) is 0 Å². The van der Waals surface area contributed by atoms with Crippen molar-refractivity contribution in [1.82, 2.24) is 0 Å². The zero-order valence-corrected chi connectivity index (χ0v) is 18.8. The number of fused-ring (bicyclic) bond motifs is 5. The number of rotatable bonds is 4.